The molecule has 0 heterocycles. The van der Waals surface area contributed by atoms with Gasteiger partial charge in [0, 0.05) is 0 Å². The highest BCUT2D eigenvalue weighted by Gasteiger charge is 2.30. The van der Waals surface area contributed by atoms with Crippen molar-refractivity contribution < 1.29 is 0 Å². The molecule has 0 atom stereocenters. The van der Waals surface area contributed by atoms with Crippen LogP contribution < -0.4 is 10.4 Å². The molecule has 169 valence electrons. The van der Waals surface area contributed by atoms with Crippen LogP contribution in [0.3, 0.4) is 0 Å². The summed E-state index contributed by atoms with van der Waals surface area (Å²) in [6.07, 6.45) is 5.75. The van der Waals surface area contributed by atoms with Crippen LogP contribution in [0.5, 0.6) is 0 Å². The van der Waals surface area contributed by atoms with Crippen LogP contribution in [0.4, 0.5) is 0 Å². The van der Waals surface area contributed by atoms with E-state index in [-0.39, 0.29) is 0 Å². The van der Waals surface area contributed by atoms with Crippen molar-refractivity contribution in [2.24, 2.45) is 0 Å². The Balaban J connectivity index is 1.93. The summed E-state index contributed by atoms with van der Waals surface area (Å²) in [5, 5.41) is 3.20. The second-order valence-electron chi connectivity index (χ2n) is 9.42. The Morgan fingerprint density at radius 1 is 0.594 bits per heavy atom. The highest BCUT2D eigenvalue weighted by molar-refractivity contribution is 6.92. The third-order valence-electron chi connectivity index (χ3n) is 8.53. The van der Waals surface area contributed by atoms with E-state index < -0.39 is 16.1 Å². The molecule has 32 heavy (non-hydrogen) atoms. The molecule has 1 radical (unpaired) electrons. The fourth-order valence-corrected chi connectivity index (χ4v) is 12.9. The topological polar surface area (TPSA) is 0 Å². The fraction of sp³-hybridized carbons (Fsp3) is 0.400. The van der Waals surface area contributed by atoms with Gasteiger partial charge in [0.05, 0.1) is 16.1 Å². The first-order chi connectivity index (χ1) is 15.4. The Morgan fingerprint density at radius 2 is 0.969 bits per heavy atom. The lowest BCUT2D eigenvalue weighted by Crippen LogP contribution is -2.45. The van der Waals surface area contributed by atoms with Crippen LogP contribution in [0.2, 0.25) is 36.3 Å². The molecule has 0 unspecified atom stereocenters. The van der Waals surface area contributed by atoms with Crippen LogP contribution in [0.25, 0.3) is 11.1 Å². The van der Waals surface area contributed by atoms with E-state index in [4.69, 9.17) is 0 Å². The number of hydrogen-bond donors (Lipinski definition) is 0. The first kappa shape index (κ1) is 24.7. The van der Waals surface area contributed by atoms with Gasteiger partial charge in [0.25, 0.3) is 0 Å². The van der Waals surface area contributed by atoms with Gasteiger partial charge in [0.15, 0.2) is 0 Å². The second kappa shape index (κ2) is 10.4. The van der Waals surface area contributed by atoms with Crippen molar-refractivity contribution in [1.29, 1.82) is 0 Å². The summed E-state index contributed by atoms with van der Waals surface area (Å²) >= 11 is 0. The van der Waals surface area contributed by atoms with E-state index in [0.29, 0.717) is 0 Å². The smallest absolute Gasteiger partial charge is 0.0859 e. The molecule has 0 spiro atoms. The van der Waals surface area contributed by atoms with Gasteiger partial charge < -0.3 is 0 Å². The number of allylic oxidation sites excluding steroid dienone is 5. The van der Waals surface area contributed by atoms with Crippen LogP contribution in [-0.4, -0.2) is 16.1 Å². The zero-order valence-electron chi connectivity index (χ0n) is 21.1. The summed E-state index contributed by atoms with van der Waals surface area (Å²) < 4.78 is 0. The Morgan fingerprint density at radius 3 is 1.34 bits per heavy atom. The molecule has 0 aliphatic heterocycles. The lowest BCUT2D eigenvalue weighted by Gasteiger charge is -2.29. The zero-order valence-corrected chi connectivity index (χ0v) is 23.1. The Hall–Kier alpha value is -1.91. The van der Waals surface area contributed by atoms with Gasteiger partial charge in [-0.3, -0.25) is 0 Å². The van der Waals surface area contributed by atoms with Crippen LogP contribution in [0.1, 0.15) is 52.7 Å². The Bertz CT molecular complexity index is 884. The quantitative estimate of drug-likeness (QED) is 0.317. The summed E-state index contributed by atoms with van der Waals surface area (Å²) in [4.78, 5) is 0. The van der Waals surface area contributed by atoms with Crippen molar-refractivity contribution in [2.75, 3.05) is 0 Å². The van der Waals surface area contributed by atoms with Crippen LogP contribution in [0.15, 0.2) is 66.8 Å². The molecule has 0 amide bonds. The van der Waals surface area contributed by atoms with Crippen LogP contribution >= 0.6 is 0 Å². The summed E-state index contributed by atoms with van der Waals surface area (Å²) in [6, 6.07) is 26.9. The number of rotatable bonds is 10. The third kappa shape index (κ3) is 4.45. The van der Waals surface area contributed by atoms with E-state index in [0.717, 1.165) is 5.57 Å². The molecule has 0 saturated heterocycles. The summed E-state index contributed by atoms with van der Waals surface area (Å²) in [7, 11) is -2.69. The Kier molecular flexibility index (Phi) is 8.00. The van der Waals surface area contributed by atoms with E-state index in [1.54, 1.807) is 10.4 Å². The lowest BCUT2D eigenvalue weighted by atomic mass is 9.95. The molecular formula is C30H41Si2. The van der Waals surface area contributed by atoms with Crippen molar-refractivity contribution >= 4 is 37.7 Å². The van der Waals surface area contributed by atoms with E-state index in [9.17, 15) is 0 Å². The SMILES string of the molecule is C=C1[C]=C(c2ccc([Si](CC)(CC)CC)cc2)C(c2ccc([Si](CC)(CC)CC)cc2)=C1. The van der Waals surface area contributed by atoms with Crippen molar-refractivity contribution in [2.45, 2.75) is 77.8 Å². The summed E-state index contributed by atoms with van der Waals surface area (Å²) in [5.41, 5.74) is 5.96. The molecule has 2 aromatic rings. The van der Waals surface area contributed by atoms with E-state index in [2.05, 4.69) is 109 Å². The number of hydrogen-bond acceptors (Lipinski definition) is 0. The monoisotopic (exact) mass is 457 g/mol. The molecular weight excluding hydrogens is 417 g/mol. The zero-order chi connectivity index (χ0) is 23.4. The third-order valence-corrected chi connectivity index (χ3v) is 19.8. The first-order valence-corrected chi connectivity index (χ1v) is 17.9. The molecule has 1 aliphatic carbocycles. The molecule has 0 saturated carbocycles. The van der Waals surface area contributed by atoms with E-state index in [1.165, 1.54) is 58.5 Å². The molecule has 3 rings (SSSR count). The van der Waals surface area contributed by atoms with Gasteiger partial charge in [-0.15, -0.1) is 0 Å². The highest BCUT2D eigenvalue weighted by Crippen LogP contribution is 2.37. The van der Waals surface area contributed by atoms with Gasteiger partial charge in [0.2, 0.25) is 0 Å². The Labute approximate surface area is 199 Å². The first-order valence-electron chi connectivity index (χ1n) is 12.7. The maximum Gasteiger partial charge on any atom is 0.0859 e. The predicted molar refractivity (Wildman–Crippen MR) is 150 cm³/mol. The average Bonchev–Trinajstić information content (AvgIpc) is 3.24. The van der Waals surface area contributed by atoms with Crippen LogP contribution in [0, 0.1) is 6.08 Å². The van der Waals surface area contributed by atoms with Gasteiger partial charge in [0.1, 0.15) is 0 Å². The molecule has 0 fully saturated rings. The summed E-state index contributed by atoms with van der Waals surface area (Å²) in [5.74, 6) is 0. The summed E-state index contributed by atoms with van der Waals surface area (Å²) in [6.45, 7) is 18.5. The predicted octanol–water partition coefficient (Wildman–Crippen LogP) is 7.96. The van der Waals surface area contributed by atoms with Gasteiger partial charge in [-0.25, -0.2) is 0 Å². The highest BCUT2D eigenvalue weighted by atomic mass is 28.3. The van der Waals surface area contributed by atoms with E-state index in [1.807, 2.05) is 0 Å². The van der Waals surface area contributed by atoms with Gasteiger partial charge >= 0.3 is 0 Å². The standard InChI is InChI=1S/C30H41Si2/c1-8-31(9-2,10-3)27-18-14-25(15-19-27)29-22-24(7)23-30(29)26-16-20-28(21-17-26)32(11-4,12-5)13-6/h14-22H,7-13H2,1-6H3. The van der Waals surface area contributed by atoms with Gasteiger partial charge in [-0.05, 0) is 40.0 Å². The number of benzene rings is 2. The lowest BCUT2D eigenvalue weighted by molar-refractivity contribution is 1.19. The molecule has 2 heteroatoms. The minimum Gasteiger partial charge on any atom is -0.0911 e. The minimum atomic E-state index is -1.34. The van der Waals surface area contributed by atoms with Crippen molar-refractivity contribution in [3.8, 4) is 0 Å². The molecule has 0 aromatic heterocycles. The molecule has 0 nitrogen and oxygen atoms in total. The average molecular weight is 458 g/mol. The normalized spacial score (nSPS) is 14.5. The second-order valence-corrected chi connectivity index (χ2v) is 19.9. The molecule has 2 aromatic carbocycles. The van der Waals surface area contributed by atoms with Crippen LogP contribution in [-0.2, 0) is 0 Å². The minimum absolute atomic E-state index is 0.974. The van der Waals surface area contributed by atoms with Gasteiger partial charge in [-0.1, -0.05) is 143 Å². The van der Waals surface area contributed by atoms with Crippen molar-refractivity contribution in [3.63, 3.8) is 0 Å². The molecule has 1 aliphatic rings. The molecule has 0 bridgehead atoms. The molecule has 0 N–H and O–H groups in total. The van der Waals surface area contributed by atoms with Crippen molar-refractivity contribution in [3.05, 3.63) is 84.0 Å². The fourth-order valence-electron chi connectivity index (χ4n) is 5.68. The van der Waals surface area contributed by atoms with E-state index >= 15 is 0 Å². The largest absolute Gasteiger partial charge is 0.0911 e. The maximum absolute atomic E-state index is 4.20. The van der Waals surface area contributed by atoms with Crippen molar-refractivity contribution in [1.82, 2.24) is 0 Å². The maximum atomic E-state index is 4.20. The van der Waals surface area contributed by atoms with Gasteiger partial charge in [-0.2, -0.15) is 0 Å².